The molecule has 0 aliphatic heterocycles. The Bertz CT molecular complexity index is 336. The second-order valence-electron chi connectivity index (χ2n) is 3.33. The van der Waals surface area contributed by atoms with E-state index in [0.717, 1.165) is 5.56 Å². The van der Waals surface area contributed by atoms with Crippen LogP contribution in [0.1, 0.15) is 12.5 Å². The molecule has 1 aromatic carbocycles. The van der Waals surface area contributed by atoms with Crippen LogP contribution in [0.4, 0.5) is 0 Å². The van der Waals surface area contributed by atoms with E-state index in [-0.39, 0.29) is 6.42 Å². The van der Waals surface area contributed by atoms with Crippen LogP contribution in [0.25, 0.3) is 0 Å². The molecule has 4 heteroatoms. The summed E-state index contributed by atoms with van der Waals surface area (Å²) < 4.78 is 0. The van der Waals surface area contributed by atoms with Crippen molar-refractivity contribution in [1.29, 1.82) is 0 Å². The van der Waals surface area contributed by atoms with Crippen LogP contribution in [0, 0.1) is 4.91 Å². The molecule has 0 aliphatic rings. The third-order valence-corrected chi connectivity index (χ3v) is 2.05. The van der Waals surface area contributed by atoms with Gasteiger partial charge in [0.05, 0.1) is 0 Å². The summed E-state index contributed by atoms with van der Waals surface area (Å²) in [6, 6.07) is 8.96. The van der Waals surface area contributed by atoms with Gasteiger partial charge < -0.3 is 5.11 Å². The molecule has 1 N–H and O–H groups in total. The number of rotatable bonds is 4. The molecule has 4 nitrogen and oxygen atoms in total. The largest absolute Gasteiger partial charge is 0.479 e. The van der Waals surface area contributed by atoms with Gasteiger partial charge in [0.1, 0.15) is 0 Å². The smallest absolute Gasteiger partial charge is 0.335 e. The lowest BCUT2D eigenvalue weighted by Gasteiger charge is -2.15. The van der Waals surface area contributed by atoms with Crippen LogP contribution in [0.15, 0.2) is 35.5 Å². The maximum absolute atomic E-state index is 10.8. The lowest BCUT2D eigenvalue weighted by Crippen LogP contribution is -2.34. The first-order valence-corrected chi connectivity index (χ1v) is 4.20. The maximum atomic E-state index is 10.8. The number of nitroso groups, excluding NO2 is 1. The number of carbonyl (C=O) groups is 1. The Hall–Kier alpha value is -1.71. The first-order chi connectivity index (χ1) is 6.58. The molecule has 0 aromatic heterocycles. The molecule has 74 valence electrons. The molecule has 0 heterocycles. The van der Waals surface area contributed by atoms with Gasteiger partial charge in [0.2, 0.25) is 0 Å². The molecule has 0 fully saturated rings. The van der Waals surface area contributed by atoms with Crippen LogP contribution < -0.4 is 0 Å². The predicted octanol–water partition coefficient (Wildman–Crippen LogP) is 1.84. The topological polar surface area (TPSA) is 66.7 Å². The third kappa shape index (κ3) is 2.16. The lowest BCUT2D eigenvalue weighted by atomic mass is 9.94. The summed E-state index contributed by atoms with van der Waals surface area (Å²) in [5, 5.41) is 11.5. The molecule has 0 spiro atoms. The van der Waals surface area contributed by atoms with Crippen LogP contribution in [-0.4, -0.2) is 16.6 Å². The van der Waals surface area contributed by atoms with Crippen LogP contribution in [0.3, 0.4) is 0 Å². The summed E-state index contributed by atoms with van der Waals surface area (Å²) in [6.45, 7) is 1.31. The van der Waals surface area contributed by atoms with E-state index < -0.39 is 11.5 Å². The Morgan fingerprint density at radius 2 is 2.00 bits per heavy atom. The van der Waals surface area contributed by atoms with Crippen molar-refractivity contribution in [3.05, 3.63) is 40.8 Å². The summed E-state index contributed by atoms with van der Waals surface area (Å²) in [6.07, 6.45) is 0.118. The molecule has 0 unspecified atom stereocenters. The van der Waals surface area contributed by atoms with Crippen molar-refractivity contribution >= 4 is 5.97 Å². The number of benzene rings is 1. The standard InChI is InChI=1S/C10H11NO3/c1-10(11-14,9(12)13)7-8-5-3-2-4-6-8/h2-6H,7H2,1H3,(H,12,13)/t10-/m0/s1. The molecule has 0 aliphatic carbocycles. The van der Waals surface area contributed by atoms with Crippen LogP contribution >= 0.6 is 0 Å². The number of hydrogen-bond donors (Lipinski definition) is 1. The first kappa shape index (κ1) is 10.4. The van der Waals surface area contributed by atoms with Crippen molar-refractivity contribution in [2.45, 2.75) is 18.9 Å². The van der Waals surface area contributed by atoms with E-state index in [2.05, 4.69) is 5.18 Å². The summed E-state index contributed by atoms with van der Waals surface area (Å²) in [7, 11) is 0. The van der Waals surface area contributed by atoms with Crippen molar-refractivity contribution in [2.75, 3.05) is 0 Å². The Morgan fingerprint density at radius 1 is 1.43 bits per heavy atom. The number of aliphatic carboxylic acids is 1. The third-order valence-electron chi connectivity index (χ3n) is 2.05. The minimum absolute atomic E-state index is 0.118. The average molecular weight is 193 g/mol. The van der Waals surface area contributed by atoms with Crippen LogP contribution in [0.5, 0.6) is 0 Å². The fraction of sp³-hybridized carbons (Fsp3) is 0.300. The number of hydrogen-bond acceptors (Lipinski definition) is 3. The van der Waals surface area contributed by atoms with Gasteiger partial charge in [-0.1, -0.05) is 35.5 Å². The van der Waals surface area contributed by atoms with Crippen LogP contribution in [0.2, 0.25) is 0 Å². The molecule has 0 amide bonds. The van der Waals surface area contributed by atoms with Crippen molar-refractivity contribution in [3.8, 4) is 0 Å². The van der Waals surface area contributed by atoms with E-state index in [1.165, 1.54) is 6.92 Å². The Kier molecular flexibility index (Phi) is 2.96. The molecule has 0 saturated carbocycles. The second-order valence-corrected chi connectivity index (χ2v) is 3.33. The fourth-order valence-electron chi connectivity index (χ4n) is 1.14. The van der Waals surface area contributed by atoms with Crippen molar-refractivity contribution in [2.24, 2.45) is 5.18 Å². The monoisotopic (exact) mass is 193 g/mol. The molecule has 0 bridgehead atoms. The van der Waals surface area contributed by atoms with E-state index in [9.17, 15) is 9.70 Å². The predicted molar refractivity (Wildman–Crippen MR) is 52.0 cm³/mol. The van der Waals surface area contributed by atoms with Gasteiger partial charge >= 0.3 is 5.97 Å². The molecule has 0 radical (unpaired) electrons. The van der Waals surface area contributed by atoms with Crippen molar-refractivity contribution < 1.29 is 9.90 Å². The number of carboxylic acids is 1. The van der Waals surface area contributed by atoms with Gasteiger partial charge in [0.15, 0.2) is 5.54 Å². The lowest BCUT2D eigenvalue weighted by molar-refractivity contribution is -0.142. The molecular formula is C10H11NO3. The van der Waals surface area contributed by atoms with Gasteiger partial charge in [-0.25, -0.2) is 4.79 Å². The highest BCUT2D eigenvalue weighted by Crippen LogP contribution is 2.17. The molecule has 1 aromatic rings. The highest BCUT2D eigenvalue weighted by molar-refractivity contribution is 5.78. The molecule has 14 heavy (non-hydrogen) atoms. The zero-order valence-corrected chi connectivity index (χ0v) is 7.80. The van der Waals surface area contributed by atoms with Gasteiger partial charge in [-0.15, -0.1) is 4.91 Å². The summed E-state index contributed by atoms with van der Waals surface area (Å²) in [4.78, 5) is 21.2. The summed E-state index contributed by atoms with van der Waals surface area (Å²) in [5.74, 6) is -1.20. The fourth-order valence-corrected chi connectivity index (χ4v) is 1.14. The van der Waals surface area contributed by atoms with E-state index in [4.69, 9.17) is 5.11 Å². The number of nitrogens with zero attached hydrogens (tertiary/aromatic N) is 1. The van der Waals surface area contributed by atoms with Gasteiger partial charge in [0, 0.05) is 6.42 Å². The van der Waals surface area contributed by atoms with E-state index in [1.54, 1.807) is 24.3 Å². The van der Waals surface area contributed by atoms with Gasteiger partial charge in [0.25, 0.3) is 0 Å². The second kappa shape index (κ2) is 4.00. The SMILES string of the molecule is C[C@@](Cc1ccccc1)(N=O)C(=O)O. The van der Waals surface area contributed by atoms with E-state index in [1.807, 2.05) is 6.07 Å². The molecular weight excluding hydrogens is 182 g/mol. The first-order valence-electron chi connectivity index (χ1n) is 4.20. The van der Waals surface area contributed by atoms with Crippen molar-refractivity contribution in [3.63, 3.8) is 0 Å². The average Bonchev–Trinajstić information content (AvgIpc) is 2.19. The zero-order chi connectivity index (χ0) is 10.6. The quantitative estimate of drug-likeness (QED) is 0.742. The zero-order valence-electron chi connectivity index (χ0n) is 7.80. The van der Waals surface area contributed by atoms with Gasteiger partial charge in [-0.2, -0.15) is 0 Å². The van der Waals surface area contributed by atoms with Crippen molar-refractivity contribution in [1.82, 2.24) is 0 Å². The maximum Gasteiger partial charge on any atom is 0.335 e. The Morgan fingerprint density at radius 3 is 2.43 bits per heavy atom. The minimum atomic E-state index is -1.57. The van der Waals surface area contributed by atoms with E-state index >= 15 is 0 Å². The van der Waals surface area contributed by atoms with E-state index in [0.29, 0.717) is 0 Å². The normalized spacial score (nSPS) is 14.4. The Labute approximate surface area is 81.5 Å². The van der Waals surface area contributed by atoms with Crippen LogP contribution in [-0.2, 0) is 11.2 Å². The van der Waals surface area contributed by atoms with Gasteiger partial charge in [-0.05, 0) is 12.5 Å². The number of carboxylic acid groups (broad SMARTS) is 1. The molecule has 1 atom stereocenters. The minimum Gasteiger partial charge on any atom is -0.479 e. The van der Waals surface area contributed by atoms with Gasteiger partial charge in [-0.3, -0.25) is 0 Å². The summed E-state index contributed by atoms with van der Waals surface area (Å²) >= 11 is 0. The summed E-state index contributed by atoms with van der Waals surface area (Å²) in [5.41, 5.74) is -0.779. The molecule has 0 saturated heterocycles. The molecule has 1 rings (SSSR count). The highest BCUT2D eigenvalue weighted by Gasteiger charge is 2.34. The highest BCUT2D eigenvalue weighted by atomic mass is 16.4. The Balaban J connectivity index is 2.86.